The highest BCUT2D eigenvalue weighted by atomic mass is 19.1. The average Bonchev–Trinajstić information content (AvgIpc) is 3.16. The Hall–Kier alpha value is -1.58. The van der Waals surface area contributed by atoms with Gasteiger partial charge in [0, 0.05) is 32.1 Å². The molecule has 3 aliphatic rings. The minimum Gasteiger partial charge on any atom is -0.355 e. The minimum absolute atomic E-state index is 0.0326. The van der Waals surface area contributed by atoms with E-state index < -0.39 is 0 Å². The van der Waals surface area contributed by atoms with E-state index >= 15 is 0 Å². The number of aliphatic imine (C=N–C) groups is 1. The van der Waals surface area contributed by atoms with Crippen LogP contribution < -0.4 is 5.32 Å². The summed E-state index contributed by atoms with van der Waals surface area (Å²) in [5.74, 6) is 0.924. The molecule has 0 bridgehead atoms. The first-order valence-electron chi connectivity index (χ1n) is 8.87. The number of nitrogens with one attached hydrogen (secondary N) is 1. The van der Waals surface area contributed by atoms with Gasteiger partial charge in [0.1, 0.15) is 5.82 Å². The summed E-state index contributed by atoms with van der Waals surface area (Å²) in [6.07, 6.45) is 7.55. The lowest BCUT2D eigenvalue weighted by atomic mass is 9.68. The highest BCUT2D eigenvalue weighted by Crippen LogP contribution is 2.49. The molecule has 3 fully saturated rings. The largest absolute Gasteiger partial charge is 0.355 e. The van der Waals surface area contributed by atoms with Gasteiger partial charge in [-0.05, 0) is 49.1 Å². The zero-order chi connectivity index (χ0) is 15.9. The normalized spacial score (nSPS) is 24.6. The third-order valence-electron chi connectivity index (χ3n) is 6.25. The molecular formula is C19H26FN3. The number of likely N-dealkylation sites (tertiary alicyclic amines) is 1. The van der Waals surface area contributed by atoms with Crippen LogP contribution in [-0.4, -0.2) is 37.5 Å². The number of hydrogen-bond donors (Lipinski definition) is 1. The van der Waals surface area contributed by atoms with Gasteiger partial charge >= 0.3 is 0 Å². The zero-order valence-electron chi connectivity index (χ0n) is 13.9. The molecule has 0 radical (unpaired) electrons. The van der Waals surface area contributed by atoms with E-state index in [1.54, 1.807) is 12.1 Å². The number of benzene rings is 1. The molecule has 0 atom stereocenters. The predicted octanol–water partition coefficient (Wildman–Crippen LogP) is 3.31. The van der Waals surface area contributed by atoms with Gasteiger partial charge < -0.3 is 10.2 Å². The molecule has 23 heavy (non-hydrogen) atoms. The van der Waals surface area contributed by atoms with Crippen LogP contribution in [0.3, 0.4) is 0 Å². The van der Waals surface area contributed by atoms with Gasteiger partial charge in [-0.25, -0.2) is 4.39 Å². The molecular weight excluding hydrogens is 289 g/mol. The van der Waals surface area contributed by atoms with Crippen molar-refractivity contribution in [2.45, 2.75) is 43.9 Å². The maximum absolute atomic E-state index is 14.1. The highest BCUT2D eigenvalue weighted by molar-refractivity contribution is 5.80. The van der Waals surface area contributed by atoms with Gasteiger partial charge in [-0.1, -0.05) is 24.6 Å². The zero-order valence-corrected chi connectivity index (χ0v) is 13.9. The van der Waals surface area contributed by atoms with Gasteiger partial charge in [-0.15, -0.1) is 0 Å². The standard InChI is InChI=1S/C19H26FN3/c1-21-17(23-12-11-18(14-23)7-4-8-18)22-13-19(9-10-19)15-5-2-3-6-16(15)20/h2-3,5-6H,4,7-14H2,1H3,(H,21,22). The van der Waals surface area contributed by atoms with Gasteiger partial charge in [0.15, 0.2) is 5.96 Å². The minimum atomic E-state index is -0.0728. The lowest BCUT2D eigenvalue weighted by molar-refractivity contribution is 0.151. The summed E-state index contributed by atoms with van der Waals surface area (Å²) < 4.78 is 14.1. The number of halogens is 1. The lowest BCUT2D eigenvalue weighted by Crippen LogP contribution is -2.45. The number of hydrogen-bond acceptors (Lipinski definition) is 1. The molecule has 1 aromatic rings. The van der Waals surface area contributed by atoms with E-state index in [4.69, 9.17) is 0 Å². The van der Waals surface area contributed by atoms with E-state index in [1.807, 2.05) is 19.2 Å². The van der Waals surface area contributed by atoms with E-state index in [9.17, 15) is 4.39 Å². The topological polar surface area (TPSA) is 27.6 Å². The first kappa shape index (κ1) is 15.0. The van der Waals surface area contributed by atoms with E-state index in [0.717, 1.165) is 44.0 Å². The molecule has 0 amide bonds. The second kappa shape index (κ2) is 5.50. The average molecular weight is 315 g/mol. The van der Waals surface area contributed by atoms with Crippen LogP contribution in [0.4, 0.5) is 4.39 Å². The number of rotatable bonds is 3. The summed E-state index contributed by atoms with van der Waals surface area (Å²) in [6, 6.07) is 7.22. The molecule has 124 valence electrons. The molecule has 1 aromatic carbocycles. The first-order valence-corrected chi connectivity index (χ1v) is 8.87. The van der Waals surface area contributed by atoms with E-state index in [2.05, 4.69) is 15.2 Å². The van der Waals surface area contributed by atoms with Crippen LogP contribution in [0.1, 0.15) is 44.1 Å². The molecule has 3 nitrogen and oxygen atoms in total. The molecule has 1 N–H and O–H groups in total. The fourth-order valence-corrected chi connectivity index (χ4v) is 4.36. The molecule has 2 saturated carbocycles. The Morgan fingerprint density at radius 2 is 2.00 bits per heavy atom. The molecule has 0 aromatic heterocycles. The van der Waals surface area contributed by atoms with E-state index in [-0.39, 0.29) is 11.2 Å². The van der Waals surface area contributed by atoms with Crippen molar-refractivity contribution in [1.82, 2.24) is 10.2 Å². The van der Waals surface area contributed by atoms with E-state index in [1.165, 1.54) is 25.7 Å². The van der Waals surface area contributed by atoms with Crippen LogP contribution in [0, 0.1) is 11.2 Å². The Kier molecular flexibility index (Phi) is 3.58. The summed E-state index contributed by atoms with van der Waals surface area (Å²) in [7, 11) is 1.86. The van der Waals surface area contributed by atoms with Gasteiger partial charge in [0.05, 0.1) is 0 Å². The number of nitrogens with zero attached hydrogens (tertiary/aromatic N) is 2. The van der Waals surface area contributed by atoms with Crippen LogP contribution in [0.25, 0.3) is 0 Å². The lowest BCUT2D eigenvalue weighted by Gasteiger charge is -2.38. The highest BCUT2D eigenvalue weighted by Gasteiger charge is 2.47. The van der Waals surface area contributed by atoms with Crippen molar-refractivity contribution in [3.05, 3.63) is 35.6 Å². The Bertz CT molecular complexity index is 617. The molecule has 1 heterocycles. The SMILES string of the molecule is CN=C(NCC1(c2ccccc2F)CC1)N1CCC2(CCC2)C1. The summed E-state index contributed by atoms with van der Waals surface area (Å²) in [5, 5.41) is 3.54. The monoisotopic (exact) mass is 315 g/mol. The van der Waals surface area contributed by atoms with Gasteiger partial charge in [0.2, 0.25) is 0 Å². The molecule has 1 saturated heterocycles. The van der Waals surface area contributed by atoms with Crippen LogP contribution in [0.2, 0.25) is 0 Å². The Balaban J connectivity index is 1.41. The Morgan fingerprint density at radius 3 is 2.57 bits per heavy atom. The molecule has 1 aliphatic heterocycles. The molecule has 1 spiro atoms. The van der Waals surface area contributed by atoms with Crippen LogP contribution in [0.5, 0.6) is 0 Å². The third-order valence-corrected chi connectivity index (χ3v) is 6.25. The number of guanidine groups is 1. The van der Waals surface area contributed by atoms with Crippen LogP contribution >= 0.6 is 0 Å². The molecule has 2 aliphatic carbocycles. The van der Waals surface area contributed by atoms with Crippen LogP contribution in [-0.2, 0) is 5.41 Å². The van der Waals surface area contributed by atoms with Crippen molar-refractivity contribution in [3.8, 4) is 0 Å². The summed E-state index contributed by atoms with van der Waals surface area (Å²) in [5.41, 5.74) is 1.40. The third kappa shape index (κ3) is 2.62. The van der Waals surface area contributed by atoms with Crippen molar-refractivity contribution in [3.63, 3.8) is 0 Å². The van der Waals surface area contributed by atoms with Crippen molar-refractivity contribution in [2.24, 2.45) is 10.4 Å². The second-order valence-electron chi connectivity index (χ2n) is 7.69. The van der Waals surface area contributed by atoms with Crippen molar-refractivity contribution in [2.75, 3.05) is 26.7 Å². The smallest absolute Gasteiger partial charge is 0.193 e. The maximum atomic E-state index is 14.1. The predicted molar refractivity (Wildman–Crippen MR) is 91.1 cm³/mol. The van der Waals surface area contributed by atoms with Crippen molar-refractivity contribution >= 4 is 5.96 Å². The Labute approximate surface area is 138 Å². The summed E-state index contributed by atoms with van der Waals surface area (Å²) in [6.45, 7) is 3.02. The summed E-state index contributed by atoms with van der Waals surface area (Å²) >= 11 is 0. The maximum Gasteiger partial charge on any atom is 0.193 e. The molecule has 4 heteroatoms. The van der Waals surface area contributed by atoms with Crippen LogP contribution in [0.15, 0.2) is 29.3 Å². The summed E-state index contributed by atoms with van der Waals surface area (Å²) in [4.78, 5) is 6.88. The van der Waals surface area contributed by atoms with E-state index in [0.29, 0.717) is 5.41 Å². The van der Waals surface area contributed by atoms with Gasteiger partial charge in [-0.2, -0.15) is 0 Å². The van der Waals surface area contributed by atoms with Gasteiger partial charge in [-0.3, -0.25) is 4.99 Å². The molecule has 0 unspecified atom stereocenters. The fraction of sp³-hybridized carbons (Fsp3) is 0.632. The van der Waals surface area contributed by atoms with Crippen molar-refractivity contribution in [1.29, 1.82) is 0 Å². The second-order valence-corrected chi connectivity index (χ2v) is 7.69. The van der Waals surface area contributed by atoms with Crippen molar-refractivity contribution < 1.29 is 4.39 Å². The Morgan fingerprint density at radius 1 is 1.22 bits per heavy atom. The van der Waals surface area contributed by atoms with Gasteiger partial charge in [0.25, 0.3) is 0 Å². The fourth-order valence-electron chi connectivity index (χ4n) is 4.36. The quantitative estimate of drug-likeness (QED) is 0.684. The first-order chi connectivity index (χ1) is 11.2. The molecule has 4 rings (SSSR count).